The third kappa shape index (κ3) is 4.80. The summed E-state index contributed by atoms with van der Waals surface area (Å²) in [7, 11) is 0. The molecule has 1 atom stereocenters. The van der Waals surface area contributed by atoms with Crippen LogP contribution in [0.3, 0.4) is 0 Å². The fraction of sp³-hybridized carbons (Fsp3) is 0.706. The number of amides is 1. The van der Waals surface area contributed by atoms with Gasteiger partial charge in [-0.1, -0.05) is 37.3 Å². The van der Waals surface area contributed by atoms with Gasteiger partial charge in [-0.25, -0.2) is 9.97 Å². The van der Waals surface area contributed by atoms with Crippen LogP contribution in [-0.4, -0.2) is 40.0 Å². The summed E-state index contributed by atoms with van der Waals surface area (Å²) in [6.45, 7) is 1.47. The molecule has 2 heterocycles. The van der Waals surface area contributed by atoms with Crippen LogP contribution >= 0.6 is 11.6 Å². The number of carbonyl (C=O) groups excluding carboxylic acids is 1. The summed E-state index contributed by atoms with van der Waals surface area (Å²) in [5.74, 6) is 1.03. The van der Waals surface area contributed by atoms with Gasteiger partial charge in [0.2, 0.25) is 5.91 Å². The van der Waals surface area contributed by atoms with Gasteiger partial charge >= 0.3 is 6.01 Å². The van der Waals surface area contributed by atoms with E-state index in [1.807, 2.05) is 4.90 Å². The minimum Gasteiger partial charge on any atom is -0.458 e. The van der Waals surface area contributed by atoms with Crippen LogP contribution in [0.25, 0.3) is 0 Å². The van der Waals surface area contributed by atoms with Gasteiger partial charge in [0.25, 0.3) is 0 Å². The second-order valence-corrected chi connectivity index (χ2v) is 7.03. The topological polar surface area (TPSA) is 55.3 Å². The van der Waals surface area contributed by atoms with E-state index in [0.29, 0.717) is 24.0 Å². The molecule has 23 heavy (non-hydrogen) atoms. The number of ether oxygens (including phenoxy) is 1. The molecule has 1 unspecified atom stereocenters. The molecule has 2 aliphatic rings. The molecule has 0 radical (unpaired) electrons. The lowest BCUT2D eigenvalue weighted by atomic mass is 10.0. The molecule has 1 saturated heterocycles. The van der Waals surface area contributed by atoms with Crippen LogP contribution < -0.4 is 4.74 Å². The van der Waals surface area contributed by atoms with Crippen LogP contribution in [0, 0.1) is 5.92 Å². The molecule has 0 N–H and O–H groups in total. The highest BCUT2D eigenvalue weighted by Crippen LogP contribution is 2.29. The summed E-state index contributed by atoms with van der Waals surface area (Å²) in [5, 5.41) is 0.490. The number of aromatic nitrogens is 2. The molecule has 2 fully saturated rings. The number of rotatable bonds is 5. The lowest BCUT2D eigenvalue weighted by Gasteiger charge is -2.32. The van der Waals surface area contributed by atoms with Crippen LogP contribution in [0.5, 0.6) is 6.01 Å². The van der Waals surface area contributed by atoms with Gasteiger partial charge in [0, 0.05) is 13.0 Å². The Morgan fingerprint density at radius 2 is 1.96 bits per heavy atom. The first kappa shape index (κ1) is 16.5. The van der Waals surface area contributed by atoms with Crippen molar-refractivity contribution in [3.05, 3.63) is 17.4 Å². The van der Waals surface area contributed by atoms with Crippen molar-refractivity contribution in [3.8, 4) is 6.01 Å². The van der Waals surface area contributed by atoms with Gasteiger partial charge in [0.15, 0.2) is 0 Å². The Bertz CT molecular complexity index is 517. The van der Waals surface area contributed by atoms with Gasteiger partial charge in [-0.2, -0.15) is 0 Å². The standard InChI is InChI=1S/C17H24ClN3O2/c18-14-10-19-17(20-11-14)23-15-6-3-9-21(12-15)16(22)8-7-13-4-1-2-5-13/h10-11,13,15H,1-9,12H2. The Balaban J connectivity index is 1.46. The van der Waals surface area contributed by atoms with Crippen LogP contribution in [0.2, 0.25) is 5.02 Å². The van der Waals surface area contributed by atoms with E-state index in [0.717, 1.165) is 31.7 Å². The summed E-state index contributed by atoms with van der Waals surface area (Å²) in [4.78, 5) is 22.5. The highest BCUT2D eigenvalue weighted by molar-refractivity contribution is 6.30. The van der Waals surface area contributed by atoms with Crippen molar-refractivity contribution in [2.45, 2.75) is 57.5 Å². The smallest absolute Gasteiger partial charge is 0.316 e. The van der Waals surface area contributed by atoms with E-state index in [1.165, 1.54) is 38.1 Å². The first-order chi connectivity index (χ1) is 11.2. The van der Waals surface area contributed by atoms with Crippen molar-refractivity contribution in [2.24, 2.45) is 5.92 Å². The van der Waals surface area contributed by atoms with Gasteiger partial charge in [-0.3, -0.25) is 4.79 Å². The summed E-state index contributed by atoms with van der Waals surface area (Å²) in [6, 6.07) is 0.333. The molecule has 1 aliphatic heterocycles. The van der Waals surface area contributed by atoms with Crippen LogP contribution in [0.1, 0.15) is 51.4 Å². The predicted molar refractivity (Wildman–Crippen MR) is 88.5 cm³/mol. The van der Waals surface area contributed by atoms with E-state index in [1.54, 1.807) is 0 Å². The maximum atomic E-state index is 12.4. The Kier molecular flexibility index (Phi) is 5.70. The summed E-state index contributed by atoms with van der Waals surface area (Å²) in [6.07, 6.45) is 11.9. The minimum atomic E-state index is -0.0274. The second-order valence-electron chi connectivity index (χ2n) is 6.59. The van der Waals surface area contributed by atoms with E-state index in [4.69, 9.17) is 16.3 Å². The van der Waals surface area contributed by atoms with Gasteiger partial charge < -0.3 is 9.64 Å². The molecule has 1 aromatic heterocycles. The average molecular weight is 338 g/mol. The summed E-state index contributed by atoms with van der Waals surface area (Å²) < 4.78 is 5.79. The van der Waals surface area contributed by atoms with E-state index in [-0.39, 0.29) is 12.0 Å². The quantitative estimate of drug-likeness (QED) is 0.825. The number of nitrogens with zero attached hydrogens (tertiary/aromatic N) is 3. The number of hydrogen-bond donors (Lipinski definition) is 0. The largest absolute Gasteiger partial charge is 0.458 e. The van der Waals surface area contributed by atoms with Crippen molar-refractivity contribution in [1.29, 1.82) is 0 Å². The third-order valence-corrected chi connectivity index (χ3v) is 5.04. The SMILES string of the molecule is O=C(CCC1CCCC1)N1CCCC(Oc2ncc(Cl)cn2)C1. The zero-order valence-electron chi connectivity index (χ0n) is 13.4. The van der Waals surface area contributed by atoms with Crippen LogP contribution in [-0.2, 0) is 4.79 Å². The Morgan fingerprint density at radius 1 is 1.22 bits per heavy atom. The molecule has 1 amide bonds. The van der Waals surface area contributed by atoms with Crippen molar-refractivity contribution >= 4 is 17.5 Å². The summed E-state index contributed by atoms with van der Waals surface area (Å²) in [5.41, 5.74) is 0. The van der Waals surface area contributed by atoms with Gasteiger partial charge in [-0.15, -0.1) is 0 Å². The van der Waals surface area contributed by atoms with Crippen LogP contribution in [0.4, 0.5) is 0 Å². The highest BCUT2D eigenvalue weighted by atomic mass is 35.5. The maximum absolute atomic E-state index is 12.4. The predicted octanol–water partition coefficient (Wildman–Crippen LogP) is 3.47. The van der Waals surface area contributed by atoms with Gasteiger partial charge in [-0.05, 0) is 25.2 Å². The Hall–Kier alpha value is -1.36. The maximum Gasteiger partial charge on any atom is 0.316 e. The number of piperidine rings is 1. The highest BCUT2D eigenvalue weighted by Gasteiger charge is 2.26. The molecule has 5 nitrogen and oxygen atoms in total. The van der Waals surface area contributed by atoms with E-state index in [9.17, 15) is 4.79 Å². The first-order valence-electron chi connectivity index (χ1n) is 8.62. The van der Waals surface area contributed by atoms with E-state index >= 15 is 0 Å². The van der Waals surface area contributed by atoms with E-state index in [2.05, 4.69) is 9.97 Å². The monoisotopic (exact) mass is 337 g/mol. The minimum absolute atomic E-state index is 0.0274. The zero-order valence-corrected chi connectivity index (χ0v) is 14.2. The Morgan fingerprint density at radius 3 is 2.70 bits per heavy atom. The lowest BCUT2D eigenvalue weighted by molar-refractivity contribution is -0.134. The molecule has 0 aromatic carbocycles. The number of halogens is 1. The second kappa shape index (κ2) is 7.95. The number of carbonyl (C=O) groups is 1. The molecule has 0 spiro atoms. The van der Waals surface area contributed by atoms with Gasteiger partial charge in [0.1, 0.15) is 6.10 Å². The molecule has 3 rings (SSSR count). The zero-order chi connectivity index (χ0) is 16.1. The molecule has 1 aromatic rings. The average Bonchev–Trinajstić information content (AvgIpc) is 3.08. The molecule has 126 valence electrons. The molecule has 1 saturated carbocycles. The normalized spacial score (nSPS) is 22.3. The van der Waals surface area contributed by atoms with Gasteiger partial charge in [0.05, 0.1) is 24.0 Å². The van der Waals surface area contributed by atoms with Crippen LogP contribution in [0.15, 0.2) is 12.4 Å². The molecule has 0 bridgehead atoms. The number of likely N-dealkylation sites (tertiary alicyclic amines) is 1. The Labute approximate surface area is 142 Å². The van der Waals surface area contributed by atoms with Crippen molar-refractivity contribution in [2.75, 3.05) is 13.1 Å². The van der Waals surface area contributed by atoms with Crippen molar-refractivity contribution in [3.63, 3.8) is 0 Å². The first-order valence-corrected chi connectivity index (χ1v) is 9.00. The molecule has 1 aliphatic carbocycles. The third-order valence-electron chi connectivity index (χ3n) is 4.84. The van der Waals surface area contributed by atoms with Crippen molar-refractivity contribution < 1.29 is 9.53 Å². The molecular formula is C17H24ClN3O2. The van der Waals surface area contributed by atoms with Crippen molar-refractivity contribution in [1.82, 2.24) is 14.9 Å². The summed E-state index contributed by atoms with van der Waals surface area (Å²) >= 11 is 5.77. The molecule has 6 heteroatoms. The fourth-order valence-electron chi connectivity index (χ4n) is 3.56. The van der Waals surface area contributed by atoms with E-state index < -0.39 is 0 Å². The molecular weight excluding hydrogens is 314 g/mol. The fourth-order valence-corrected chi connectivity index (χ4v) is 3.65. The lowest BCUT2D eigenvalue weighted by Crippen LogP contribution is -2.44. The number of hydrogen-bond acceptors (Lipinski definition) is 4.